The molecule has 0 aliphatic heterocycles. The quantitative estimate of drug-likeness (QED) is 0.853. The third-order valence-electron chi connectivity index (χ3n) is 2.99. The van der Waals surface area contributed by atoms with Gasteiger partial charge in [0, 0.05) is 31.4 Å². The summed E-state index contributed by atoms with van der Waals surface area (Å²) < 4.78 is 0. The zero-order valence-electron chi connectivity index (χ0n) is 11.2. The first-order valence-electron chi connectivity index (χ1n) is 6.01. The second kappa shape index (κ2) is 7.38. The molecule has 0 spiro atoms. The van der Waals surface area contributed by atoms with Crippen LogP contribution >= 0.6 is 11.8 Å². The molecule has 1 rings (SSSR count). The molecule has 1 heterocycles. The zero-order valence-corrected chi connectivity index (χ0v) is 12.0. The smallest absolute Gasteiger partial charge is 0.253 e. The largest absolute Gasteiger partial charge is 0.339 e. The highest BCUT2D eigenvalue weighted by Crippen LogP contribution is 2.11. The lowest BCUT2D eigenvalue weighted by molar-refractivity contribution is 0.0741. The second-order valence-electron chi connectivity index (χ2n) is 4.29. The van der Waals surface area contributed by atoms with Crippen LogP contribution in [0.4, 0.5) is 0 Å². The van der Waals surface area contributed by atoms with Crippen molar-refractivity contribution in [3.63, 3.8) is 0 Å². The van der Waals surface area contributed by atoms with Gasteiger partial charge in [0.2, 0.25) is 0 Å². The molecule has 0 aliphatic rings. The number of amides is 1. The van der Waals surface area contributed by atoms with Crippen molar-refractivity contribution in [2.45, 2.75) is 25.9 Å². The van der Waals surface area contributed by atoms with Gasteiger partial charge >= 0.3 is 0 Å². The van der Waals surface area contributed by atoms with Crippen molar-refractivity contribution in [1.82, 2.24) is 9.88 Å². The van der Waals surface area contributed by atoms with Crippen molar-refractivity contribution in [2.24, 2.45) is 5.73 Å². The van der Waals surface area contributed by atoms with Crippen LogP contribution in [0, 0.1) is 0 Å². The van der Waals surface area contributed by atoms with Gasteiger partial charge in [-0.15, -0.1) is 0 Å². The van der Waals surface area contributed by atoms with E-state index in [0.29, 0.717) is 12.1 Å². The van der Waals surface area contributed by atoms with E-state index >= 15 is 0 Å². The number of hydrogen-bond donors (Lipinski definition) is 1. The Balaban J connectivity index is 2.72. The van der Waals surface area contributed by atoms with Crippen molar-refractivity contribution < 1.29 is 4.79 Å². The topological polar surface area (TPSA) is 59.2 Å². The van der Waals surface area contributed by atoms with Crippen LogP contribution < -0.4 is 5.73 Å². The lowest BCUT2D eigenvalue weighted by Crippen LogP contribution is -2.35. The summed E-state index contributed by atoms with van der Waals surface area (Å²) in [5.41, 5.74) is 6.93. The molecular formula is C13H21N3OS. The Kier molecular flexibility index (Phi) is 6.15. The standard InChI is InChI=1S/C13H21N3OS/c1-10(5-7-18-3)16(2)13(17)11-4-6-15-12(8-11)9-14/h4,6,8,10H,5,7,9,14H2,1-3H3. The minimum Gasteiger partial charge on any atom is -0.339 e. The van der Waals surface area contributed by atoms with E-state index in [1.54, 1.807) is 35.0 Å². The number of rotatable bonds is 6. The minimum atomic E-state index is 0.0284. The number of thioether (sulfide) groups is 1. The summed E-state index contributed by atoms with van der Waals surface area (Å²) in [6, 6.07) is 3.74. The average molecular weight is 267 g/mol. The minimum absolute atomic E-state index is 0.0284. The van der Waals surface area contributed by atoms with Crippen LogP contribution in [-0.2, 0) is 6.54 Å². The van der Waals surface area contributed by atoms with Crippen LogP contribution in [0.3, 0.4) is 0 Å². The van der Waals surface area contributed by atoms with Gasteiger partial charge in [0.05, 0.1) is 5.69 Å². The predicted octanol–water partition coefficient (Wildman–Crippen LogP) is 1.75. The summed E-state index contributed by atoms with van der Waals surface area (Å²) in [5.74, 6) is 1.09. The van der Waals surface area contributed by atoms with Crippen molar-refractivity contribution in [3.05, 3.63) is 29.6 Å². The molecular weight excluding hydrogens is 246 g/mol. The number of carbonyl (C=O) groups excluding carboxylic acids is 1. The number of nitrogens with zero attached hydrogens (tertiary/aromatic N) is 2. The molecule has 1 aromatic rings. The number of hydrogen-bond acceptors (Lipinski definition) is 4. The third kappa shape index (κ3) is 3.99. The first kappa shape index (κ1) is 15.0. The van der Waals surface area contributed by atoms with E-state index in [1.165, 1.54) is 0 Å². The number of carbonyl (C=O) groups is 1. The molecule has 4 nitrogen and oxygen atoms in total. The maximum absolute atomic E-state index is 12.3. The molecule has 0 saturated heterocycles. The molecule has 100 valence electrons. The van der Waals surface area contributed by atoms with Gasteiger partial charge in [-0.2, -0.15) is 11.8 Å². The van der Waals surface area contributed by atoms with Gasteiger partial charge < -0.3 is 10.6 Å². The average Bonchev–Trinajstić information content (AvgIpc) is 2.43. The first-order chi connectivity index (χ1) is 8.60. The van der Waals surface area contributed by atoms with E-state index < -0.39 is 0 Å². The molecule has 1 amide bonds. The van der Waals surface area contributed by atoms with Crippen LogP contribution in [0.5, 0.6) is 0 Å². The molecule has 0 saturated carbocycles. The highest BCUT2D eigenvalue weighted by Gasteiger charge is 2.17. The van der Waals surface area contributed by atoms with Gasteiger partial charge in [-0.1, -0.05) is 0 Å². The zero-order chi connectivity index (χ0) is 13.5. The molecule has 0 radical (unpaired) electrons. The van der Waals surface area contributed by atoms with Crippen LogP contribution in [0.1, 0.15) is 29.4 Å². The van der Waals surface area contributed by atoms with Crippen molar-refractivity contribution in [1.29, 1.82) is 0 Å². The summed E-state index contributed by atoms with van der Waals surface area (Å²) >= 11 is 1.80. The monoisotopic (exact) mass is 267 g/mol. The Morgan fingerprint density at radius 1 is 1.61 bits per heavy atom. The van der Waals surface area contributed by atoms with E-state index in [-0.39, 0.29) is 11.9 Å². The fraction of sp³-hybridized carbons (Fsp3) is 0.538. The second-order valence-corrected chi connectivity index (χ2v) is 5.27. The van der Waals surface area contributed by atoms with E-state index in [4.69, 9.17) is 5.73 Å². The van der Waals surface area contributed by atoms with Gasteiger partial charge in [0.15, 0.2) is 0 Å². The molecule has 2 N–H and O–H groups in total. The maximum Gasteiger partial charge on any atom is 0.253 e. The van der Waals surface area contributed by atoms with Crippen LogP contribution in [-0.4, -0.2) is 40.9 Å². The molecule has 5 heteroatoms. The molecule has 1 atom stereocenters. The molecule has 1 unspecified atom stereocenters. The Morgan fingerprint density at radius 3 is 2.94 bits per heavy atom. The summed E-state index contributed by atoms with van der Waals surface area (Å²) in [4.78, 5) is 18.1. The highest BCUT2D eigenvalue weighted by molar-refractivity contribution is 7.98. The van der Waals surface area contributed by atoms with E-state index in [9.17, 15) is 4.79 Å². The molecule has 18 heavy (non-hydrogen) atoms. The summed E-state index contributed by atoms with van der Waals surface area (Å²) in [5, 5.41) is 0. The van der Waals surface area contributed by atoms with Crippen LogP contribution in [0.15, 0.2) is 18.3 Å². The van der Waals surface area contributed by atoms with Gasteiger partial charge in [0.1, 0.15) is 0 Å². The van der Waals surface area contributed by atoms with Crippen LogP contribution in [0.2, 0.25) is 0 Å². The number of aromatic nitrogens is 1. The lowest BCUT2D eigenvalue weighted by atomic mass is 10.1. The Labute approximate surface area is 113 Å². The van der Waals surface area contributed by atoms with Crippen molar-refractivity contribution in [2.75, 3.05) is 19.1 Å². The fourth-order valence-electron chi connectivity index (χ4n) is 1.61. The number of nitrogens with two attached hydrogens (primary N) is 1. The Morgan fingerprint density at radius 2 is 2.33 bits per heavy atom. The number of pyridine rings is 1. The first-order valence-corrected chi connectivity index (χ1v) is 7.40. The van der Waals surface area contributed by atoms with E-state index in [1.807, 2.05) is 7.05 Å². The van der Waals surface area contributed by atoms with Crippen molar-refractivity contribution in [3.8, 4) is 0 Å². The molecule has 0 bridgehead atoms. The summed E-state index contributed by atoms with van der Waals surface area (Å²) in [6.07, 6.45) is 4.71. The molecule has 0 aromatic carbocycles. The van der Waals surface area contributed by atoms with Gasteiger partial charge in [-0.25, -0.2) is 0 Å². The molecule has 0 fully saturated rings. The summed E-state index contributed by atoms with van der Waals surface area (Å²) in [6.45, 7) is 2.42. The molecule has 0 aliphatic carbocycles. The maximum atomic E-state index is 12.3. The molecule has 1 aromatic heterocycles. The van der Waals surface area contributed by atoms with Gasteiger partial charge in [-0.05, 0) is 37.5 Å². The SMILES string of the molecule is CSCCC(C)N(C)C(=O)c1ccnc(CN)c1. The third-order valence-corrected chi connectivity index (χ3v) is 3.64. The summed E-state index contributed by atoms with van der Waals surface area (Å²) in [7, 11) is 1.84. The van der Waals surface area contributed by atoms with Crippen LogP contribution in [0.25, 0.3) is 0 Å². The van der Waals surface area contributed by atoms with Gasteiger partial charge in [0.25, 0.3) is 5.91 Å². The van der Waals surface area contributed by atoms with Crippen molar-refractivity contribution >= 4 is 17.7 Å². The highest BCUT2D eigenvalue weighted by atomic mass is 32.2. The fourth-order valence-corrected chi connectivity index (χ4v) is 2.19. The van der Waals surface area contributed by atoms with E-state index in [0.717, 1.165) is 17.9 Å². The van der Waals surface area contributed by atoms with E-state index in [2.05, 4.69) is 18.2 Å². The predicted molar refractivity (Wildman–Crippen MR) is 76.7 cm³/mol. The van der Waals surface area contributed by atoms with Gasteiger partial charge in [-0.3, -0.25) is 9.78 Å². The Bertz CT molecular complexity index is 398. The lowest BCUT2D eigenvalue weighted by Gasteiger charge is -2.25. The Hall–Kier alpha value is -1.07. The normalized spacial score (nSPS) is 12.2.